The van der Waals surface area contributed by atoms with Crippen LogP contribution in [0.5, 0.6) is 11.5 Å². The average molecular weight is 442 g/mol. The van der Waals surface area contributed by atoms with Gasteiger partial charge in [0.15, 0.2) is 0 Å². The molecule has 9 heteroatoms. The normalized spacial score (nSPS) is 27.3. The van der Waals surface area contributed by atoms with E-state index >= 15 is 0 Å². The van der Waals surface area contributed by atoms with E-state index in [2.05, 4.69) is 17.1 Å². The molecule has 2 aliphatic heterocycles. The first-order valence-corrected chi connectivity index (χ1v) is 10.7. The molecule has 1 fully saturated rings. The highest BCUT2D eigenvalue weighted by Crippen LogP contribution is 2.30. The largest absolute Gasteiger partial charge is 0.493 e. The van der Waals surface area contributed by atoms with Gasteiger partial charge in [-0.1, -0.05) is 18.2 Å². The summed E-state index contributed by atoms with van der Waals surface area (Å²) in [5.41, 5.74) is 3.87. The third-order valence-electron chi connectivity index (χ3n) is 6.09. The maximum Gasteiger partial charge on any atom is 0.229 e. The third-order valence-corrected chi connectivity index (χ3v) is 6.09. The minimum atomic E-state index is -1.50. The van der Waals surface area contributed by atoms with Crippen LogP contribution in [0.1, 0.15) is 11.1 Å². The molecule has 0 saturated carbocycles. The number of fused-ring (bicyclic) bond motifs is 2. The standard InChI is InChI=1S/C23H26N2O7/c26-11-18-20(27)21(28)22(29)23(32-18)31-17-3-1-2-15-19(17)25(12-24-15)8-6-13-4-5-16-14(10-13)7-9-30-16/h1-5,10,12,18,20-23,26-29H,6-9,11H2/t18-,20-,21+,22-,23-/m1/s1. The number of hydrogen-bond acceptors (Lipinski definition) is 8. The van der Waals surface area contributed by atoms with Gasteiger partial charge in [-0.15, -0.1) is 0 Å². The summed E-state index contributed by atoms with van der Waals surface area (Å²) in [6.45, 7) is 0.869. The van der Waals surface area contributed by atoms with Crippen LogP contribution in [0.15, 0.2) is 42.7 Å². The van der Waals surface area contributed by atoms with Gasteiger partial charge in [0.2, 0.25) is 6.29 Å². The summed E-state index contributed by atoms with van der Waals surface area (Å²) in [4.78, 5) is 4.45. The maximum absolute atomic E-state index is 10.3. The molecule has 0 amide bonds. The number of ether oxygens (including phenoxy) is 3. The van der Waals surface area contributed by atoms with Gasteiger partial charge in [-0.05, 0) is 35.7 Å². The molecule has 9 nitrogen and oxygen atoms in total. The van der Waals surface area contributed by atoms with Gasteiger partial charge in [-0.2, -0.15) is 0 Å². The third kappa shape index (κ3) is 3.82. The van der Waals surface area contributed by atoms with Gasteiger partial charge >= 0.3 is 0 Å². The predicted molar refractivity (Wildman–Crippen MR) is 113 cm³/mol. The second-order valence-electron chi connectivity index (χ2n) is 8.17. The van der Waals surface area contributed by atoms with Gasteiger partial charge in [0.05, 0.1) is 25.1 Å². The lowest BCUT2D eigenvalue weighted by Crippen LogP contribution is -2.60. The van der Waals surface area contributed by atoms with E-state index < -0.39 is 37.3 Å². The Morgan fingerprint density at radius 2 is 1.97 bits per heavy atom. The Hall–Kier alpha value is -2.69. The number of hydrogen-bond donors (Lipinski definition) is 4. The van der Waals surface area contributed by atoms with Gasteiger partial charge in [-0.3, -0.25) is 0 Å². The Labute approximate surface area is 184 Å². The highest BCUT2D eigenvalue weighted by atomic mass is 16.7. The van der Waals surface area contributed by atoms with E-state index in [-0.39, 0.29) is 0 Å². The quantitative estimate of drug-likeness (QED) is 0.432. The van der Waals surface area contributed by atoms with E-state index in [4.69, 9.17) is 14.2 Å². The zero-order chi connectivity index (χ0) is 22.2. The fourth-order valence-electron chi connectivity index (χ4n) is 4.29. The molecule has 5 atom stereocenters. The van der Waals surface area contributed by atoms with Crippen molar-refractivity contribution in [3.8, 4) is 11.5 Å². The molecule has 0 spiro atoms. The summed E-state index contributed by atoms with van der Waals surface area (Å²) in [5.74, 6) is 1.38. The van der Waals surface area contributed by atoms with Crippen LogP contribution in [0.25, 0.3) is 11.0 Å². The Morgan fingerprint density at radius 3 is 2.81 bits per heavy atom. The number of imidazole rings is 1. The molecule has 3 aromatic rings. The van der Waals surface area contributed by atoms with Crippen LogP contribution in [0, 0.1) is 0 Å². The maximum atomic E-state index is 10.3. The lowest BCUT2D eigenvalue weighted by atomic mass is 9.99. The van der Waals surface area contributed by atoms with E-state index in [9.17, 15) is 20.4 Å². The topological polar surface area (TPSA) is 126 Å². The summed E-state index contributed by atoms with van der Waals surface area (Å²) < 4.78 is 19.0. The van der Waals surface area contributed by atoms with Crippen molar-refractivity contribution >= 4 is 11.0 Å². The van der Waals surface area contributed by atoms with Gasteiger partial charge in [0.25, 0.3) is 0 Å². The summed E-state index contributed by atoms with van der Waals surface area (Å²) in [6, 6.07) is 11.6. The number of rotatable bonds is 6. The van der Waals surface area contributed by atoms with Crippen LogP contribution in [0.4, 0.5) is 0 Å². The second-order valence-corrected chi connectivity index (χ2v) is 8.17. The van der Waals surface area contributed by atoms with Crippen LogP contribution < -0.4 is 9.47 Å². The highest BCUT2D eigenvalue weighted by molar-refractivity contribution is 5.82. The Kier molecular flexibility index (Phi) is 5.75. The van der Waals surface area contributed by atoms with E-state index in [0.29, 0.717) is 12.3 Å². The minimum Gasteiger partial charge on any atom is -0.493 e. The fourth-order valence-corrected chi connectivity index (χ4v) is 4.29. The first kappa shape index (κ1) is 21.2. The van der Waals surface area contributed by atoms with Gasteiger partial charge in [-0.25, -0.2) is 4.98 Å². The van der Waals surface area contributed by atoms with Crippen molar-refractivity contribution in [2.24, 2.45) is 0 Å². The van der Waals surface area contributed by atoms with Gasteiger partial charge in [0, 0.05) is 13.0 Å². The van der Waals surface area contributed by atoms with E-state index in [1.807, 2.05) is 16.7 Å². The van der Waals surface area contributed by atoms with Crippen molar-refractivity contribution in [2.75, 3.05) is 13.2 Å². The molecule has 0 bridgehead atoms. The molecule has 5 rings (SSSR count). The molecule has 2 aliphatic rings. The molecule has 0 aliphatic carbocycles. The zero-order valence-corrected chi connectivity index (χ0v) is 17.4. The molecule has 3 heterocycles. The van der Waals surface area contributed by atoms with Crippen molar-refractivity contribution in [3.63, 3.8) is 0 Å². The van der Waals surface area contributed by atoms with Crippen LogP contribution in [-0.4, -0.2) is 73.9 Å². The first-order chi connectivity index (χ1) is 15.5. The molecule has 170 valence electrons. The Balaban J connectivity index is 1.37. The SMILES string of the molecule is OC[C@H]1O[C@@H](Oc2cccc3ncn(CCc4ccc5c(c4)CCO5)c23)[C@H](O)[C@@H](O)[C@@H]1O. The zero-order valence-electron chi connectivity index (χ0n) is 17.4. The molecule has 0 unspecified atom stereocenters. The molecule has 2 aromatic carbocycles. The molecular formula is C23H26N2O7. The summed E-state index contributed by atoms with van der Waals surface area (Å²) in [6.07, 6.45) is -3.26. The predicted octanol–water partition coefficient (Wildman–Crippen LogP) is 0.393. The van der Waals surface area contributed by atoms with Gasteiger partial charge in [0.1, 0.15) is 41.4 Å². The Bertz CT molecular complexity index is 1100. The lowest BCUT2D eigenvalue weighted by molar-refractivity contribution is -0.277. The summed E-state index contributed by atoms with van der Waals surface area (Å²) in [5, 5.41) is 39.8. The van der Waals surface area contributed by atoms with Crippen LogP contribution in [0.3, 0.4) is 0 Å². The summed E-state index contributed by atoms with van der Waals surface area (Å²) >= 11 is 0. The first-order valence-electron chi connectivity index (χ1n) is 10.7. The fraction of sp³-hybridized carbons (Fsp3) is 0.435. The molecule has 32 heavy (non-hydrogen) atoms. The van der Waals surface area contributed by atoms with Crippen molar-refractivity contribution in [1.82, 2.24) is 9.55 Å². The Morgan fingerprint density at radius 1 is 1.09 bits per heavy atom. The smallest absolute Gasteiger partial charge is 0.229 e. The van der Waals surface area contributed by atoms with Crippen LogP contribution >= 0.6 is 0 Å². The second kappa shape index (κ2) is 8.68. The molecule has 0 radical (unpaired) electrons. The highest BCUT2D eigenvalue weighted by Gasteiger charge is 2.44. The molecule has 4 N–H and O–H groups in total. The number of benzene rings is 2. The number of aliphatic hydroxyl groups is 4. The number of aryl methyl sites for hydroxylation is 2. The van der Waals surface area contributed by atoms with Crippen LogP contribution in [0.2, 0.25) is 0 Å². The van der Waals surface area contributed by atoms with E-state index in [1.165, 1.54) is 11.1 Å². The minimum absolute atomic E-state index is 0.423. The van der Waals surface area contributed by atoms with Crippen molar-refractivity contribution in [2.45, 2.75) is 50.1 Å². The number of aromatic nitrogens is 2. The monoisotopic (exact) mass is 442 g/mol. The molecule has 1 aromatic heterocycles. The summed E-state index contributed by atoms with van der Waals surface area (Å²) in [7, 11) is 0. The van der Waals surface area contributed by atoms with Gasteiger partial charge < -0.3 is 39.2 Å². The van der Waals surface area contributed by atoms with Crippen molar-refractivity contribution in [1.29, 1.82) is 0 Å². The van der Waals surface area contributed by atoms with Crippen LogP contribution in [-0.2, 0) is 24.1 Å². The number of nitrogens with zero attached hydrogens (tertiary/aromatic N) is 2. The van der Waals surface area contributed by atoms with E-state index in [0.717, 1.165) is 36.2 Å². The van der Waals surface area contributed by atoms with Crippen molar-refractivity contribution < 1.29 is 34.6 Å². The van der Waals surface area contributed by atoms with Crippen molar-refractivity contribution in [3.05, 3.63) is 53.9 Å². The molecule has 1 saturated heterocycles. The number of para-hydroxylation sites is 1. The molecular weight excluding hydrogens is 416 g/mol. The van der Waals surface area contributed by atoms with E-state index in [1.54, 1.807) is 18.5 Å². The lowest BCUT2D eigenvalue weighted by Gasteiger charge is -2.39. The number of aliphatic hydroxyl groups excluding tert-OH is 4. The average Bonchev–Trinajstić information content (AvgIpc) is 3.45.